The van der Waals surface area contributed by atoms with Crippen molar-refractivity contribution in [2.24, 2.45) is 4.99 Å². The largest absolute Gasteiger partial charge is 0.379 e. The molecular weight excluding hydrogens is 523 g/mol. The molecule has 1 saturated heterocycles. The quantitative estimate of drug-likeness (QED) is 0.289. The number of hydrogen-bond donors (Lipinski definition) is 2. The van der Waals surface area contributed by atoms with Gasteiger partial charge in [0.15, 0.2) is 5.96 Å². The minimum Gasteiger partial charge on any atom is -0.379 e. The number of ether oxygens (including phenoxy) is 1. The summed E-state index contributed by atoms with van der Waals surface area (Å²) in [4.78, 5) is 7.28. The van der Waals surface area contributed by atoms with Gasteiger partial charge in [0.2, 0.25) is 0 Å². The Morgan fingerprint density at radius 1 is 1.23 bits per heavy atom. The van der Waals surface area contributed by atoms with Crippen molar-refractivity contribution in [1.82, 2.24) is 15.5 Å². The van der Waals surface area contributed by atoms with E-state index in [-0.39, 0.29) is 24.0 Å². The summed E-state index contributed by atoms with van der Waals surface area (Å²) >= 11 is 0. The fraction of sp³-hybridized carbons (Fsp3) is 0.696. The Bertz CT molecular complexity index is 713. The van der Waals surface area contributed by atoms with Crippen LogP contribution < -0.4 is 10.6 Å². The number of morpholine rings is 1. The Morgan fingerprint density at radius 3 is 2.74 bits per heavy atom. The molecule has 1 aliphatic carbocycles. The summed E-state index contributed by atoms with van der Waals surface area (Å²) in [5, 5.41) is 7.30. The Morgan fingerprint density at radius 2 is 2.00 bits per heavy atom. The lowest BCUT2D eigenvalue weighted by Crippen LogP contribution is -2.46. The highest BCUT2D eigenvalue weighted by Gasteiger charge is 2.26. The van der Waals surface area contributed by atoms with Crippen molar-refractivity contribution in [3.8, 4) is 0 Å². The SMILES string of the molecule is CCNC(=NCc1cccc(CN2CCOCC2)c1)NC1CCCC(S(=O)CC)C1.I. The molecule has 176 valence electrons. The molecule has 3 rings (SSSR count). The number of nitrogens with zero attached hydrogens (tertiary/aromatic N) is 2. The number of benzene rings is 1. The highest BCUT2D eigenvalue weighted by Crippen LogP contribution is 2.23. The van der Waals surface area contributed by atoms with Gasteiger partial charge in [-0.05, 0) is 37.3 Å². The highest BCUT2D eigenvalue weighted by molar-refractivity contribution is 14.0. The van der Waals surface area contributed by atoms with E-state index in [1.54, 1.807) is 0 Å². The fourth-order valence-electron chi connectivity index (χ4n) is 4.28. The van der Waals surface area contributed by atoms with Crippen molar-refractivity contribution in [2.45, 2.75) is 63.9 Å². The van der Waals surface area contributed by atoms with E-state index in [9.17, 15) is 4.21 Å². The maximum absolute atomic E-state index is 12.2. The summed E-state index contributed by atoms with van der Waals surface area (Å²) in [5.74, 6) is 1.62. The Hall–Kier alpha value is -0.710. The van der Waals surface area contributed by atoms with E-state index in [0.29, 0.717) is 17.8 Å². The van der Waals surface area contributed by atoms with Crippen LogP contribution in [-0.2, 0) is 28.6 Å². The van der Waals surface area contributed by atoms with E-state index in [1.807, 2.05) is 6.92 Å². The summed E-state index contributed by atoms with van der Waals surface area (Å²) in [6.45, 7) is 10.2. The van der Waals surface area contributed by atoms with Gasteiger partial charge in [-0.15, -0.1) is 24.0 Å². The molecule has 2 N–H and O–H groups in total. The van der Waals surface area contributed by atoms with Gasteiger partial charge < -0.3 is 15.4 Å². The maximum Gasteiger partial charge on any atom is 0.191 e. The van der Waals surface area contributed by atoms with Gasteiger partial charge >= 0.3 is 0 Å². The van der Waals surface area contributed by atoms with Gasteiger partial charge in [-0.25, -0.2) is 4.99 Å². The molecule has 0 bridgehead atoms. The first-order chi connectivity index (χ1) is 14.7. The second-order valence-electron chi connectivity index (χ2n) is 8.20. The van der Waals surface area contributed by atoms with Gasteiger partial charge in [0, 0.05) is 54.0 Å². The zero-order valence-electron chi connectivity index (χ0n) is 19.0. The predicted octanol–water partition coefficient (Wildman–Crippen LogP) is 3.27. The van der Waals surface area contributed by atoms with Gasteiger partial charge in [0.1, 0.15) is 0 Å². The van der Waals surface area contributed by atoms with Crippen molar-refractivity contribution in [3.63, 3.8) is 0 Å². The summed E-state index contributed by atoms with van der Waals surface area (Å²) in [6.07, 6.45) is 4.32. The van der Waals surface area contributed by atoms with E-state index in [0.717, 1.165) is 76.8 Å². The number of rotatable bonds is 8. The molecule has 2 aliphatic rings. The zero-order valence-corrected chi connectivity index (χ0v) is 22.1. The molecule has 0 amide bonds. The molecule has 2 fully saturated rings. The van der Waals surface area contributed by atoms with Crippen LogP contribution in [-0.4, -0.2) is 65.0 Å². The minimum absolute atomic E-state index is 0. The van der Waals surface area contributed by atoms with E-state index in [1.165, 1.54) is 11.1 Å². The monoisotopic (exact) mass is 562 g/mol. The van der Waals surface area contributed by atoms with Gasteiger partial charge in [-0.3, -0.25) is 9.11 Å². The summed E-state index contributed by atoms with van der Waals surface area (Å²) in [6, 6.07) is 9.10. The van der Waals surface area contributed by atoms with Crippen molar-refractivity contribution in [3.05, 3.63) is 35.4 Å². The minimum atomic E-state index is -0.704. The molecule has 3 atom stereocenters. The number of guanidine groups is 1. The number of halogens is 1. The molecule has 1 aromatic rings. The van der Waals surface area contributed by atoms with Crippen LogP contribution in [0.3, 0.4) is 0 Å². The van der Waals surface area contributed by atoms with Crippen LogP contribution in [0.2, 0.25) is 0 Å². The number of hydrogen-bond acceptors (Lipinski definition) is 4. The molecule has 1 aliphatic heterocycles. The molecule has 0 radical (unpaired) electrons. The average molecular weight is 563 g/mol. The molecule has 1 aromatic carbocycles. The maximum atomic E-state index is 12.2. The zero-order chi connectivity index (χ0) is 21.2. The lowest BCUT2D eigenvalue weighted by atomic mass is 9.95. The Labute approximate surface area is 207 Å². The number of nitrogens with one attached hydrogen (secondary N) is 2. The summed E-state index contributed by atoms with van der Waals surface area (Å²) in [7, 11) is -0.704. The Kier molecular flexibility index (Phi) is 12.4. The first-order valence-corrected chi connectivity index (χ1v) is 12.9. The van der Waals surface area contributed by atoms with E-state index < -0.39 is 10.8 Å². The summed E-state index contributed by atoms with van der Waals surface area (Å²) < 4.78 is 17.7. The van der Waals surface area contributed by atoms with E-state index >= 15 is 0 Å². The van der Waals surface area contributed by atoms with Gasteiger partial charge in [0.05, 0.1) is 19.8 Å². The highest BCUT2D eigenvalue weighted by atomic mass is 127. The molecule has 1 saturated carbocycles. The van der Waals surface area contributed by atoms with Crippen LogP contribution in [0.5, 0.6) is 0 Å². The molecule has 0 aromatic heterocycles. The van der Waals surface area contributed by atoms with Crippen molar-refractivity contribution < 1.29 is 8.95 Å². The van der Waals surface area contributed by atoms with Crippen LogP contribution >= 0.6 is 24.0 Å². The first-order valence-electron chi connectivity index (χ1n) is 11.5. The average Bonchev–Trinajstić information content (AvgIpc) is 2.78. The van der Waals surface area contributed by atoms with E-state index in [2.05, 4.69) is 46.7 Å². The lowest BCUT2D eigenvalue weighted by Gasteiger charge is -2.30. The van der Waals surface area contributed by atoms with Crippen LogP contribution in [0.25, 0.3) is 0 Å². The smallest absolute Gasteiger partial charge is 0.191 e. The molecular formula is C23H39IN4O2S. The van der Waals surface area contributed by atoms with Crippen LogP contribution in [0.4, 0.5) is 0 Å². The molecule has 3 unspecified atom stereocenters. The molecule has 8 heteroatoms. The summed E-state index contributed by atoms with van der Waals surface area (Å²) in [5.41, 5.74) is 2.56. The van der Waals surface area contributed by atoms with Crippen LogP contribution in [0, 0.1) is 0 Å². The third-order valence-electron chi connectivity index (χ3n) is 5.89. The fourth-order valence-corrected chi connectivity index (χ4v) is 5.63. The van der Waals surface area contributed by atoms with E-state index in [4.69, 9.17) is 9.73 Å². The van der Waals surface area contributed by atoms with Gasteiger partial charge in [-0.2, -0.15) is 0 Å². The third-order valence-corrected chi connectivity index (χ3v) is 7.63. The van der Waals surface area contributed by atoms with Crippen molar-refractivity contribution in [2.75, 3.05) is 38.6 Å². The van der Waals surface area contributed by atoms with Gasteiger partial charge in [0.25, 0.3) is 0 Å². The van der Waals surface area contributed by atoms with Gasteiger partial charge in [-0.1, -0.05) is 37.6 Å². The van der Waals surface area contributed by atoms with Crippen LogP contribution in [0.1, 0.15) is 50.7 Å². The van der Waals surface area contributed by atoms with Crippen molar-refractivity contribution in [1.29, 1.82) is 0 Å². The van der Waals surface area contributed by atoms with Crippen LogP contribution in [0.15, 0.2) is 29.3 Å². The molecule has 0 spiro atoms. The third kappa shape index (κ3) is 8.98. The molecule has 31 heavy (non-hydrogen) atoms. The van der Waals surface area contributed by atoms with Crippen molar-refractivity contribution >= 4 is 40.7 Å². The second-order valence-corrected chi connectivity index (χ2v) is 10.2. The normalized spacial score (nSPS) is 23.6. The standard InChI is InChI=1S/C23H38N4O2S.HI/c1-3-24-23(26-21-9-6-10-22(16-21)30(28)4-2)25-17-19-7-5-8-20(15-19)18-27-11-13-29-14-12-27;/h5,7-8,15,21-22H,3-4,6,9-14,16-18H2,1-2H3,(H2,24,25,26);1H. The topological polar surface area (TPSA) is 66.0 Å². The lowest BCUT2D eigenvalue weighted by molar-refractivity contribution is 0.0342. The molecule has 6 nitrogen and oxygen atoms in total. The second kappa shape index (κ2) is 14.4. The Balaban J connectivity index is 0.00000341. The molecule has 1 heterocycles. The first kappa shape index (κ1) is 26.5. The number of aliphatic imine (C=N–C) groups is 1. The predicted molar refractivity (Wildman–Crippen MR) is 141 cm³/mol.